The number of ether oxygens (including phenoxy) is 1. The number of benzene rings is 1. The van der Waals surface area contributed by atoms with Crippen LogP contribution >= 0.6 is 11.6 Å². The number of methoxy groups -OCH3 is 1. The number of aliphatic imine (C=N–C) groups is 1. The van der Waals surface area contributed by atoms with Crippen LogP contribution in [0.4, 0.5) is 5.69 Å². The van der Waals surface area contributed by atoms with Crippen molar-refractivity contribution in [2.45, 2.75) is 32.6 Å². The van der Waals surface area contributed by atoms with Gasteiger partial charge in [0, 0.05) is 12.2 Å². The number of nitrogens with two attached hydrogens (primary N) is 1. The van der Waals surface area contributed by atoms with Crippen LogP contribution in [0.2, 0.25) is 5.02 Å². The Morgan fingerprint density at radius 2 is 2.29 bits per heavy atom. The van der Waals surface area contributed by atoms with Crippen LogP contribution in [0.1, 0.15) is 32.6 Å². The average Bonchev–Trinajstić information content (AvgIpc) is 2.45. The van der Waals surface area contributed by atoms with E-state index in [2.05, 4.69) is 17.2 Å². The summed E-state index contributed by atoms with van der Waals surface area (Å²) in [6.07, 6.45) is 5.17. The Morgan fingerprint density at radius 1 is 1.48 bits per heavy atom. The lowest BCUT2D eigenvalue weighted by Gasteiger charge is -2.25. The number of anilines is 1. The van der Waals surface area contributed by atoms with E-state index in [9.17, 15) is 0 Å². The molecule has 0 heterocycles. The van der Waals surface area contributed by atoms with Gasteiger partial charge in [-0.05, 0) is 42.9 Å². The first kappa shape index (κ1) is 16.0. The molecule has 1 fully saturated rings. The van der Waals surface area contributed by atoms with Crippen LogP contribution < -0.4 is 15.8 Å². The summed E-state index contributed by atoms with van der Waals surface area (Å²) in [5, 5.41) is 3.62. The zero-order valence-electron chi connectivity index (χ0n) is 12.7. The summed E-state index contributed by atoms with van der Waals surface area (Å²) in [7, 11) is 1.59. The molecule has 4 nitrogen and oxygen atoms in total. The van der Waals surface area contributed by atoms with Crippen molar-refractivity contribution in [3.8, 4) is 5.75 Å². The van der Waals surface area contributed by atoms with Crippen molar-refractivity contribution in [1.82, 2.24) is 0 Å². The molecular formula is C16H24ClN3O. The molecule has 5 heteroatoms. The third-order valence-electron chi connectivity index (χ3n) is 3.99. The fourth-order valence-electron chi connectivity index (χ4n) is 2.88. The summed E-state index contributed by atoms with van der Waals surface area (Å²) in [6.45, 7) is 3.11. The molecule has 0 aliphatic heterocycles. The predicted octanol–water partition coefficient (Wildman–Crippen LogP) is 3.90. The highest BCUT2D eigenvalue weighted by Crippen LogP contribution is 2.29. The number of hydrogen-bond donors (Lipinski definition) is 2. The standard InChI is InChI=1S/C16H24ClN3O/c1-11-4-3-5-12(8-11)10-19-16(18)20-13-6-7-15(21-2)14(17)9-13/h6-7,9,11-12H,3-5,8,10H2,1-2H3,(H3,18,19,20). The SMILES string of the molecule is COc1ccc(NC(N)=NCC2CCCC(C)C2)cc1Cl. The first-order chi connectivity index (χ1) is 10.1. The van der Waals surface area contributed by atoms with Crippen LogP contribution in [0, 0.1) is 11.8 Å². The van der Waals surface area contributed by atoms with E-state index in [1.165, 1.54) is 25.7 Å². The van der Waals surface area contributed by atoms with Crippen molar-refractivity contribution < 1.29 is 4.74 Å². The number of hydrogen-bond acceptors (Lipinski definition) is 2. The molecule has 0 spiro atoms. The van der Waals surface area contributed by atoms with Gasteiger partial charge < -0.3 is 15.8 Å². The summed E-state index contributed by atoms with van der Waals surface area (Å²) in [4.78, 5) is 4.46. The molecule has 1 saturated carbocycles. The summed E-state index contributed by atoms with van der Waals surface area (Å²) in [6, 6.07) is 5.46. The monoisotopic (exact) mass is 309 g/mol. The number of rotatable bonds is 4. The average molecular weight is 310 g/mol. The Bertz CT molecular complexity index is 504. The molecule has 3 N–H and O–H groups in total. The van der Waals surface area contributed by atoms with E-state index in [4.69, 9.17) is 22.1 Å². The largest absolute Gasteiger partial charge is 0.495 e. The van der Waals surface area contributed by atoms with Crippen molar-refractivity contribution >= 4 is 23.2 Å². The van der Waals surface area contributed by atoms with Gasteiger partial charge in [-0.3, -0.25) is 4.99 Å². The lowest BCUT2D eigenvalue weighted by Crippen LogP contribution is -2.25. The van der Waals surface area contributed by atoms with Gasteiger partial charge in [0.2, 0.25) is 0 Å². The van der Waals surface area contributed by atoms with Crippen LogP contribution in [0.5, 0.6) is 5.75 Å². The highest BCUT2D eigenvalue weighted by atomic mass is 35.5. The quantitative estimate of drug-likeness (QED) is 0.655. The van der Waals surface area contributed by atoms with Crippen molar-refractivity contribution in [3.63, 3.8) is 0 Å². The molecule has 1 aliphatic carbocycles. The maximum atomic E-state index is 6.08. The molecule has 0 amide bonds. The minimum atomic E-state index is 0.439. The normalized spacial score (nSPS) is 22.9. The molecule has 0 aromatic heterocycles. The summed E-state index contributed by atoms with van der Waals surface area (Å²) in [5.41, 5.74) is 6.76. The van der Waals surface area contributed by atoms with Gasteiger partial charge in [-0.1, -0.05) is 31.4 Å². The smallest absolute Gasteiger partial charge is 0.193 e. The Labute approximate surface area is 131 Å². The van der Waals surface area contributed by atoms with Gasteiger partial charge in [0.25, 0.3) is 0 Å². The number of halogens is 1. The molecule has 1 aromatic carbocycles. The van der Waals surface area contributed by atoms with Gasteiger partial charge in [0.1, 0.15) is 5.75 Å². The van der Waals surface area contributed by atoms with Crippen LogP contribution in [-0.2, 0) is 0 Å². The number of guanidine groups is 1. The summed E-state index contributed by atoms with van der Waals surface area (Å²) >= 11 is 6.08. The molecule has 2 atom stereocenters. The van der Waals surface area contributed by atoms with Crippen molar-refractivity contribution in [2.24, 2.45) is 22.6 Å². The third-order valence-corrected chi connectivity index (χ3v) is 4.28. The minimum absolute atomic E-state index is 0.439. The molecule has 2 rings (SSSR count). The Kier molecular flexibility index (Phi) is 5.74. The molecular weight excluding hydrogens is 286 g/mol. The maximum absolute atomic E-state index is 6.08. The Balaban J connectivity index is 1.89. The Hall–Kier alpha value is -1.42. The van der Waals surface area contributed by atoms with E-state index < -0.39 is 0 Å². The van der Waals surface area contributed by atoms with Gasteiger partial charge >= 0.3 is 0 Å². The van der Waals surface area contributed by atoms with Crippen LogP contribution in [0.3, 0.4) is 0 Å². The zero-order valence-corrected chi connectivity index (χ0v) is 13.5. The third kappa shape index (κ3) is 4.81. The highest BCUT2D eigenvalue weighted by molar-refractivity contribution is 6.32. The van der Waals surface area contributed by atoms with E-state index in [-0.39, 0.29) is 0 Å². The highest BCUT2D eigenvalue weighted by Gasteiger charge is 2.18. The Morgan fingerprint density at radius 3 is 2.95 bits per heavy atom. The molecule has 1 aliphatic rings. The number of nitrogens with one attached hydrogen (secondary N) is 1. The van der Waals surface area contributed by atoms with Crippen LogP contribution in [-0.4, -0.2) is 19.6 Å². The van der Waals surface area contributed by atoms with E-state index in [1.54, 1.807) is 19.2 Å². The molecule has 0 saturated heterocycles. The zero-order chi connectivity index (χ0) is 15.2. The minimum Gasteiger partial charge on any atom is -0.495 e. The fraction of sp³-hybridized carbons (Fsp3) is 0.562. The van der Waals surface area contributed by atoms with Gasteiger partial charge in [-0.25, -0.2) is 0 Å². The molecule has 2 unspecified atom stereocenters. The summed E-state index contributed by atoms with van der Waals surface area (Å²) < 4.78 is 5.12. The lowest BCUT2D eigenvalue weighted by atomic mass is 9.82. The van der Waals surface area contributed by atoms with Crippen LogP contribution in [0.15, 0.2) is 23.2 Å². The second-order valence-corrected chi connectivity index (χ2v) is 6.25. The number of nitrogens with zero attached hydrogens (tertiary/aromatic N) is 1. The van der Waals surface area contributed by atoms with E-state index in [1.807, 2.05) is 6.07 Å². The molecule has 21 heavy (non-hydrogen) atoms. The van der Waals surface area contributed by atoms with Crippen LogP contribution in [0.25, 0.3) is 0 Å². The summed E-state index contributed by atoms with van der Waals surface area (Å²) in [5.74, 6) is 2.56. The molecule has 0 bridgehead atoms. The van der Waals surface area contributed by atoms with Crippen molar-refractivity contribution in [3.05, 3.63) is 23.2 Å². The van der Waals surface area contributed by atoms with Gasteiger partial charge in [0.15, 0.2) is 5.96 Å². The van der Waals surface area contributed by atoms with E-state index in [0.29, 0.717) is 22.6 Å². The lowest BCUT2D eigenvalue weighted by molar-refractivity contribution is 0.289. The molecule has 0 radical (unpaired) electrons. The first-order valence-electron chi connectivity index (χ1n) is 7.49. The van der Waals surface area contributed by atoms with Gasteiger partial charge in [-0.15, -0.1) is 0 Å². The van der Waals surface area contributed by atoms with Gasteiger partial charge in [0.05, 0.1) is 12.1 Å². The van der Waals surface area contributed by atoms with Crippen molar-refractivity contribution in [1.29, 1.82) is 0 Å². The fourth-order valence-corrected chi connectivity index (χ4v) is 3.14. The van der Waals surface area contributed by atoms with Gasteiger partial charge in [-0.2, -0.15) is 0 Å². The van der Waals surface area contributed by atoms with E-state index in [0.717, 1.165) is 18.2 Å². The second-order valence-electron chi connectivity index (χ2n) is 5.84. The molecule has 1 aromatic rings. The topological polar surface area (TPSA) is 59.6 Å². The van der Waals surface area contributed by atoms with Crippen molar-refractivity contribution in [2.75, 3.05) is 19.0 Å². The molecule has 116 valence electrons. The van der Waals surface area contributed by atoms with E-state index >= 15 is 0 Å². The predicted molar refractivity (Wildman–Crippen MR) is 89.2 cm³/mol. The first-order valence-corrected chi connectivity index (χ1v) is 7.86. The maximum Gasteiger partial charge on any atom is 0.193 e. The second kappa shape index (κ2) is 7.55.